The normalized spacial score (nSPS) is 12.0. The van der Waals surface area contributed by atoms with E-state index < -0.39 is 0 Å². The molecule has 1 amide bonds. The number of carbonyl (C=O) groups excluding carboxylic acids is 1. The molecule has 0 aliphatic carbocycles. The lowest BCUT2D eigenvalue weighted by atomic mass is 10.0. The maximum Gasteiger partial charge on any atom is 0.302 e. The van der Waals surface area contributed by atoms with E-state index in [1.54, 1.807) is 7.11 Å². The Morgan fingerprint density at radius 2 is 1.85 bits per heavy atom. The highest BCUT2D eigenvalue weighted by atomic mass is 16.5. The van der Waals surface area contributed by atoms with E-state index in [0.29, 0.717) is 11.1 Å². The van der Waals surface area contributed by atoms with Crippen LogP contribution >= 0.6 is 0 Å². The Kier molecular flexibility index (Phi) is 4.61. The molecule has 0 saturated carbocycles. The fraction of sp³-hybridized carbons (Fsp3) is 0.143. The molecule has 0 spiro atoms. The summed E-state index contributed by atoms with van der Waals surface area (Å²) in [4.78, 5) is 16.9. The van der Waals surface area contributed by atoms with Crippen LogP contribution in [0, 0.1) is 0 Å². The van der Waals surface area contributed by atoms with E-state index in [0.717, 1.165) is 11.3 Å². The van der Waals surface area contributed by atoms with Crippen molar-refractivity contribution < 1.29 is 13.9 Å². The van der Waals surface area contributed by atoms with Gasteiger partial charge in [-0.3, -0.25) is 10.1 Å². The molecular weight excluding hydrogens is 342 g/mol. The van der Waals surface area contributed by atoms with E-state index in [2.05, 4.69) is 10.3 Å². The number of ether oxygens (including phenoxy) is 1. The van der Waals surface area contributed by atoms with Crippen molar-refractivity contribution in [2.75, 3.05) is 12.4 Å². The van der Waals surface area contributed by atoms with Crippen LogP contribution in [-0.2, 0) is 4.79 Å². The number of methoxy groups -OCH3 is 1. The molecule has 0 bridgehead atoms. The lowest BCUT2D eigenvalue weighted by Gasteiger charge is -2.19. The number of amides is 1. The second-order valence-corrected chi connectivity index (χ2v) is 6.16. The van der Waals surface area contributed by atoms with E-state index in [-0.39, 0.29) is 24.4 Å². The monoisotopic (exact) mass is 361 g/mol. The van der Waals surface area contributed by atoms with Crippen LogP contribution in [0.2, 0.25) is 0 Å². The highest BCUT2D eigenvalue weighted by molar-refractivity contribution is 5.90. The Morgan fingerprint density at radius 3 is 2.56 bits per heavy atom. The van der Waals surface area contributed by atoms with E-state index in [4.69, 9.17) is 9.15 Å². The first-order chi connectivity index (χ1) is 13.2. The molecule has 2 aromatic carbocycles. The zero-order chi connectivity index (χ0) is 18.6. The SMILES string of the molecule is COc1ccc(C(CC(=O)Nc2nc3ccccc3o2)n2cccc2)cc1. The van der Waals surface area contributed by atoms with E-state index >= 15 is 0 Å². The number of anilines is 1. The minimum atomic E-state index is -0.170. The van der Waals surface area contributed by atoms with Gasteiger partial charge in [-0.25, -0.2) is 0 Å². The van der Waals surface area contributed by atoms with Gasteiger partial charge in [-0.1, -0.05) is 24.3 Å². The van der Waals surface area contributed by atoms with Gasteiger partial charge in [0, 0.05) is 12.4 Å². The van der Waals surface area contributed by atoms with Gasteiger partial charge in [0.2, 0.25) is 5.91 Å². The van der Waals surface area contributed by atoms with E-state index in [1.807, 2.05) is 77.6 Å². The van der Waals surface area contributed by atoms with Gasteiger partial charge in [-0.05, 0) is 42.0 Å². The number of nitrogens with zero attached hydrogens (tertiary/aromatic N) is 2. The van der Waals surface area contributed by atoms with Gasteiger partial charge in [0.25, 0.3) is 0 Å². The van der Waals surface area contributed by atoms with Crippen molar-refractivity contribution in [2.24, 2.45) is 0 Å². The molecule has 6 heteroatoms. The average molecular weight is 361 g/mol. The molecule has 0 fully saturated rings. The Bertz CT molecular complexity index is 1000. The molecule has 1 unspecified atom stereocenters. The van der Waals surface area contributed by atoms with E-state index in [9.17, 15) is 4.79 Å². The fourth-order valence-electron chi connectivity index (χ4n) is 3.05. The minimum Gasteiger partial charge on any atom is -0.497 e. The number of para-hydroxylation sites is 2. The summed E-state index contributed by atoms with van der Waals surface area (Å²) < 4.78 is 12.8. The zero-order valence-corrected chi connectivity index (χ0v) is 14.8. The molecule has 2 heterocycles. The standard InChI is InChI=1S/C21H19N3O3/c1-26-16-10-8-15(9-11-16)18(24-12-4-5-13-24)14-20(25)23-21-22-17-6-2-3-7-19(17)27-21/h2-13,18H,14H2,1H3,(H,22,23,25). The Labute approximate surface area is 156 Å². The maximum absolute atomic E-state index is 12.6. The summed E-state index contributed by atoms with van der Waals surface area (Å²) in [5.41, 5.74) is 2.37. The van der Waals surface area contributed by atoms with Crippen molar-refractivity contribution in [1.29, 1.82) is 0 Å². The second kappa shape index (κ2) is 7.37. The molecule has 1 N–H and O–H groups in total. The predicted octanol–water partition coefficient (Wildman–Crippen LogP) is 4.26. The fourth-order valence-corrected chi connectivity index (χ4v) is 3.05. The molecule has 0 aliphatic heterocycles. The number of hydrogen-bond donors (Lipinski definition) is 1. The largest absolute Gasteiger partial charge is 0.497 e. The molecule has 4 aromatic rings. The highest BCUT2D eigenvalue weighted by Crippen LogP contribution is 2.25. The Balaban J connectivity index is 1.54. The van der Waals surface area contributed by atoms with Crippen molar-refractivity contribution in [2.45, 2.75) is 12.5 Å². The summed E-state index contributed by atoms with van der Waals surface area (Å²) in [6, 6.07) is 19.1. The quantitative estimate of drug-likeness (QED) is 0.557. The van der Waals surface area contributed by atoms with Crippen molar-refractivity contribution in [3.63, 3.8) is 0 Å². The molecule has 0 radical (unpaired) electrons. The van der Waals surface area contributed by atoms with Gasteiger partial charge in [0.1, 0.15) is 11.3 Å². The van der Waals surface area contributed by atoms with Crippen molar-refractivity contribution in [3.8, 4) is 5.75 Å². The summed E-state index contributed by atoms with van der Waals surface area (Å²) in [5.74, 6) is 0.608. The molecule has 27 heavy (non-hydrogen) atoms. The third kappa shape index (κ3) is 3.69. The van der Waals surface area contributed by atoms with Crippen LogP contribution < -0.4 is 10.1 Å². The first-order valence-corrected chi connectivity index (χ1v) is 8.65. The number of rotatable bonds is 6. The van der Waals surface area contributed by atoms with Gasteiger partial charge in [0.15, 0.2) is 5.58 Å². The Hall–Kier alpha value is -3.54. The molecule has 0 saturated heterocycles. The van der Waals surface area contributed by atoms with E-state index in [1.165, 1.54) is 0 Å². The number of benzene rings is 2. The lowest BCUT2D eigenvalue weighted by Crippen LogP contribution is -2.19. The van der Waals surface area contributed by atoms with Crippen LogP contribution in [0.3, 0.4) is 0 Å². The van der Waals surface area contributed by atoms with Crippen LogP contribution in [0.5, 0.6) is 5.75 Å². The molecule has 1 atom stereocenters. The van der Waals surface area contributed by atoms with Crippen molar-refractivity contribution in [3.05, 3.63) is 78.6 Å². The smallest absolute Gasteiger partial charge is 0.302 e. The highest BCUT2D eigenvalue weighted by Gasteiger charge is 2.19. The molecule has 136 valence electrons. The van der Waals surface area contributed by atoms with Crippen LogP contribution in [0.15, 0.2) is 77.5 Å². The summed E-state index contributed by atoms with van der Waals surface area (Å²) in [6.45, 7) is 0. The maximum atomic E-state index is 12.6. The third-order valence-corrected chi connectivity index (χ3v) is 4.41. The number of aromatic nitrogens is 2. The number of fused-ring (bicyclic) bond motifs is 1. The molecule has 0 aliphatic rings. The van der Waals surface area contributed by atoms with Gasteiger partial charge in [-0.2, -0.15) is 4.98 Å². The molecular formula is C21H19N3O3. The van der Waals surface area contributed by atoms with Crippen LogP contribution in [0.1, 0.15) is 18.0 Å². The van der Waals surface area contributed by atoms with Crippen LogP contribution in [0.4, 0.5) is 6.01 Å². The number of carbonyl (C=O) groups is 1. The molecule has 4 rings (SSSR count). The predicted molar refractivity (Wildman–Crippen MR) is 103 cm³/mol. The lowest BCUT2D eigenvalue weighted by molar-refractivity contribution is -0.116. The topological polar surface area (TPSA) is 69.3 Å². The first kappa shape index (κ1) is 16.9. The average Bonchev–Trinajstić information content (AvgIpc) is 3.35. The van der Waals surface area contributed by atoms with Crippen molar-refractivity contribution >= 4 is 23.0 Å². The zero-order valence-electron chi connectivity index (χ0n) is 14.8. The first-order valence-electron chi connectivity index (χ1n) is 8.65. The summed E-state index contributed by atoms with van der Waals surface area (Å²) in [7, 11) is 1.63. The van der Waals surface area contributed by atoms with Gasteiger partial charge < -0.3 is 13.7 Å². The third-order valence-electron chi connectivity index (χ3n) is 4.41. The van der Waals surface area contributed by atoms with Gasteiger partial charge >= 0.3 is 6.01 Å². The number of hydrogen-bond acceptors (Lipinski definition) is 4. The number of nitrogens with one attached hydrogen (secondary N) is 1. The number of oxazole rings is 1. The molecule has 6 nitrogen and oxygen atoms in total. The van der Waals surface area contributed by atoms with Gasteiger partial charge in [-0.15, -0.1) is 0 Å². The summed E-state index contributed by atoms with van der Waals surface area (Å²) >= 11 is 0. The van der Waals surface area contributed by atoms with Crippen LogP contribution in [0.25, 0.3) is 11.1 Å². The summed E-state index contributed by atoms with van der Waals surface area (Å²) in [5, 5.41) is 2.76. The van der Waals surface area contributed by atoms with Gasteiger partial charge in [0.05, 0.1) is 19.6 Å². The molecule has 2 aromatic heterocycles. The van der Waals surface area contributed by atoms with Crippen molar-refractivity contribution in [1.82, 2.24) is 9.55 Å². The minimum absolute atomic E-state index is 0.143. The van der Waals surface area contributed by atoms with Crippen LogP contribution in [-0.4, -0.2) is 22.6 Å². The second-order valence-electron chi connectivity index (χ2n) is 6.16. The summed E-state index contributed by atoms with van der Waals surface area (Å²) in [6.07, 6.45) is 4.14. The Morgan fingerprint density at radius 1 is 1.11 bits per heavy atom.